The number of aryl methyl sites for hydroxylation is 1. The fourth-order valence-electron chi connectivity index (χ4n) is 2.60. The van der Waals surface area contributed by atoms with Crippen molar-refractivity contribution in [2.75, 3.05) is 19.7 Å². The van der Waals surface area contributed by atoms with E-state index in [9.17, 15) is 4.79 Å². The molecule has 1 amide bonds. The van der Waals surface area contributed by atoms with Crippen LogP contribution in [0.2, 0.25) is 0 Å². The van der Waals surface area contributed by atoms with E-state index in [2.05, 4.69) is 11.8 Å². The largest absolute Gasteiger partial charge is 0.384 e. The molecule has 1 aromatic carbocycles. The zero-order valence-corrected chi connectivity index (χ0v) is 12.7. The van der Waals surface area contributed by atoms with E-state index in [1.165, 1.54) is 0 Å². The average molecular weight is 287 g/mol. The molecule has 0 aromatic heterocycles. The first kappa shape index (κ1) is 15.6. The fraction of sp³-hybridized carbons (Fsp3) is 0.471. The number of hydrogen-bond acceptors (Lipinski definition) is 3. The molecular formula is C17H21NO3. The third-order valence-corrected chi connectivity index (χ3v) is 3.48. The normalized spacial score (nSPS) is 21.6. The maximum atomic E-state index is 12.6. The first-order valence-corrected chi connectivity index (χ1v) is 7.16. The van der Waals surface area contributed by atoms with Gasteiger partial charge in [0, 0.05) is 24.2 Å². The Bertz CT molecular complexity index is 575. The molecule has 1 N–H and O–H groups in total. The minimum absolute atomic E-state index is 0.0294. The summed E-state index contributed by atoms with van der Waals surface area (Å²) in [5, 5.41) is 8.73. The average Bonchev–Trinajstić information content (AvgIpc) is 2.44. The highest BCUT2D eigenvalue weighted by Crippen LogP contribution is 2.16. The van der Waals surface area contributed by atoms with Crippen molar-refractivity contribution in [3.63, 3.8) is 0 Å². The molecule has 2 rings (SSSR count). The molecule has 4 heteroatoms. The third-order valence-electron chi connectivity index (χ3n) is 3.48. The van der Waals surface area contributed by atoms with Crippen molar-refractivity contribution in [2.45, 2.75) is 33.0 Å². The van der Waals surface area contributed by atoms with Crippen LogP contribution in [0, 0.1) is 18.8 Å². The summed E-state index contributed by atoms with van der Waals surface area (Å²) in [6.45, 7) is 6.96. The Balaban J connectivity index is 2.18. The van der Waals surface area contributed by atoms with Gasteiger partial charge in [-0.1, -0.05) is 11.8 Å². The third kappa shape index (κ3) is 3.84. The van der Waals surface area contributed by atoms with Crippen molar-refractivity contribution in [1.82, 2.24) is 4.90 Å². The lowest BCUT2D eigenvalue weighted by atomic mass is 10.0. The van der Waals surface area contributed by atoms with Crippen LogP contribution in [0.1, 0.15) is 35.3 Å². The van der Waals surface area contributed by atoms with Crippen molar-refractivity contribution in [1.29, 1.82) is 0 Å². The van der Waals surface area contributed by atoms with E-state index in [0.29, 0.717) is 18.7 Å². The Kier molecular flexibility index (Phi) is 5.00. The molecule has 0 bridgehead atoms. The lowest BCUT2D eigenvalue weighted by Crippen LogP contribution is -2.48. The van der Waals surface area contributed by atoms with Gasteiger partial charge in [-0.15, -0.1) is 0 Å². The summed E-state index contributed by atoms with van der Waals surface area (Å²) >= 11 is 0. The molecule has 2 atom stereocenters. The Morgan fingerprint density at radius 2 is 2.05 bits per heavy atom. The number of ether oxygens (including phenoxy) is 1. The van der Waals surface area contributed by atoms with Gasteiger partial charge in [-0.2, -0.15) is 0 Å². The lowest BCUT2D eigenvalue weighted by Gasteiger charge is -2.35. The van der Waals surface area contributed by atoms with Gasteiger partial charge in [-0.25, -0.2) is 0 Å². The summed E-state index contributed by atoms with van der Waals surface area (Å²) in [5.41, 5.74) is 2.45. The highest BCUT2D eigenvalue weighted by atomic mass is 16.5. The number of nitrogens with zero attached hydrogens (tertiary/aromatic N) is 1. The van der Waals surface area contributed by atoms with Gasteiger partial charge in [-0.3, -0.25) is 4.79 Å². The monoisotopic (exact) mass is 287 g/mol. The van der Waals surface area contributed by atoms with E-state index in [-0.39, 0.29) is 24.7 Å². The fourth-order valence-corrected chi connectivity index (χ4v) is 2.60. The molecule has 1 saturated heterocycles. The molecule has 0 saturated carbocycles. The molecule has 0 aliphatic carbocycles. The van der Waals surface area contributed by atoms with Crippen molar-refractivity contribution in [2.24, 2.45) is 0 Å². The van der Waals surface area contributed by atoms with E-state index in [1.54, 1.807) is 6.07 Å². The minimum Gasteiger partial charge on any atom is -0.384 e. The summed E-state index contributed by atoms with van der Waals surface area (Å²) in [4.78, 5) is 14.4. The van der Waals surface area contributed by atoms with Gasteiger partial charge >= 0.3 is 0 Å². The lowest BCUT2D eigenvalue weighted by molar-refractivity contribution is -0.0586. The smallest absolute Gasteiger partial charge is 0.254 e. The van der Waals surface area contributed by atoms with Crippen molar-refractivity contribution >= 4 is 5.91 Å². The number of aliphatic hydroxyl groups is 1. The van der Waals surface area contributed by atoms with Gasteiger partial charge in [0.25, 0.3) is 5.91 Å². The number of benzene rings is 1. The van der Waals surface area contributed by atoms with Gasteiger partial charge in [0.2, 0.25) is 0 Å². The quantitative estimate of drug-likeness (QED) is 0.798. The van der Waals surface area contributed by atoms with Gasteiger partial charge in [0.15, 0.2) is 0 Å². The van der Waals surface area contributed by atoms with Crippen LogP contribution in [0.25, 0.3) is 0 Å². The summed E-state index contributed by atoms with van der Waals surface area (Å²) < 4.78 is 5.65. The molecule has 1 aliphatic heterocycles. The van der Waals surface area contributed by atoms with Gasteiger partial charge in [0.05, 0.1) is 12.2 Å². The number of carbonyl (C=O) groups is 1. The zero-order valence-electron chi connectivity index (χ0n) is 12.7. The Labute approximate surface area is 125 Å². The van der Waals surface area contributed by atoms with Gasteiger partial charge < -0.3 is 14.7 Å². The standard InChI is InChI=1S/C17H21NO3/c1-12-9-16(7-6-15(12)5-4-8-19)17(20)18-10-13(2)21-14(3)11-18/h6-7,9,13-14,19H,8,10-11H2,1-3H3. The highest BCUT2D eigenvalue weighted by Gasteiger charge is 2.26. The molecular weight excluding hydrogens is 266 g/mol. The molecule has 0 spiro atoms. The van der Waals surface area contributed by atoms with Crippen molar-refractivity contribution < 1.29 is 14.6 Å². The number of hydrogen-bond donors (Lipinski definition) is 1. The van der Waals surface area contributed by atoms with Crippen LogP contribution in [0.3, 0.4) is 0 Å². The second-order valence-corrected chi connectivity index (χ2v) is 5.46. The second-order valence-electron chi connectivity index (χ2n) is 5.46. The first-order valence-electron chi connectivity index (χ1n) is 7.16. The molecule has 1 aliphatic rings. The zero-order chi connectivity index (χ0) is 15.4. The van der Waals surface area contributed by atoms with Crippen LogP contribution in [-0.4, -0.2) is 47.8 Å². The predicted molar refractivity (Wildman–Crippen MR) is 81.1 cm³/mol. The van der Waals surface area contributed by atoms with Crippen LogP contribution in [0.4, 0.5) is 0 Å². The first-order chi connectivity index (χ1) is 10.0. The molecule has 21 heavy (non-hydrogen) atoms. The SMILES string of the molecule is Cc1cc(C(=O)N2CC(C)OC(C)C2)ccc1C#CCO. The van der Waals surface area contributed by atoms with Crippen LogP contribution in [0.15, 0.2) is 18.2 Å². The van der Waals surface area contributed by atoms with Gasteiger partial charge in [-0.05, 0) is 44.5 Å². The molecule has 1 fully saturated rings. The van der Waals surface area contributed by atoms with Crippen LogP contribution < -0.4 is 0 Å². The topological polar surface area (TPSA) is 49.8 Å². The Morgan fingerprint density at radius 3 is 2.62 bits per heavy atom. The maximum absolute atomic E-state index is 12.6. The Hall–Kier alpha value is -1.83. The number of rotatable bonds is 1. The van der Waals surface area contributed by atoms with Crippen LogP contribution >= 0.6 is 0 Å². The number of carbonyl (C=O) groups excluding carboxylic acids is 1. The summed E-state index contributed by atoms with van der Waals surface area (Å²) in [5.74, 6) is 5.53. The van der Waals surface area contributed by atoms with E-state index in [1.807, 2.05) is 37.8 Å². The van der Waals surface area contributed by atoms with E-state index >= 15 is 0 Å². The summed E-state index contributed by atoms with van der Waals surface area (Å²) in [6.07, 6.45) is 0.127. The molecule has 4 nitrogen and oxygen atoms in total. The molecule has 2 unspecified atom stereocenters. The van der Waals surface area contributed by atoms with Crippen LogP contribution in [-0.2, 0) is 4.74 Å². The predicted octanol–water partition coefficient (Wildman–Crippen LogP) is 1.59. The maximum Gasteiger partial charge on any atom is 0.254 e. The number of aliphatic hydroxyl groups excluding tert-OH is 1. The Morgan fingerprint density at radius 1 is 1.38 bits per heavy atom. The van der Waals surface area contributed by atoms with Gasteiger partial charge in [0.1, 0.15) is 6.61 Å². The molecule has 1 aromatic rings. The van der Waals surface area contributed by atoms with Crippen molar-refractivity contribution in [3.8, 4) is 11.8 Å². The van der Waals surface area contributed by atoms with Crippen LogP contribution in [0.5, 0.6) is 0 Å². The highest BCUT2D eigenvalue weighted by molar-refractivity contribution is 5.94. The number of amides is 1. The molecule has 0 radical (unpaired) electrons. The molecule has 1 heterocycles. The number of morpholine rings is 1. The van der Waals surface area contributed by atoms with E-state index in [4.69, 9.17) is 9.84 Å². The minimum atomic E-state index is -0.163. The van der Waals surface area contributed by atoms with E-state index in [0.717, 1.165) is 11.1 Å². The molecule has 112 valence electrons. The van der Waals surface area contributed by atoms with E-state index < -0.39 is 0 Å². The van der Waals surface area contributed by atoms with Crippen molar-refractivity contribution in [3.05, 3.63) is 34.9 Å². The second kappa shape index (κ2) is 6.75. The summed E-state index contributed by atoms with van der Waals surface area (Å²) in [6, 6.07) is 5.48. The summed E-state index contributed by atoms with van der Waals surface area (Å²) in [7, 11) is 0.